The van der Waals surface area contributed by atoms with Gasteiger partial charge in [0.25, 0.3) is 0 Å². The standard InChI is InChI=1S/C15H17FN2O4/c1-8-17-13-10(6-5-9(16)12(13)14(20)21)18(8)7-11(19)22-15(2,3)4/h5-6H,7H2,1-4H3,(H,20,21). The van der Waals surface area contributed by atoms with E-state index in [9.17, 15) is 14.0 Å². The van der Waals surface area contributed by atoms with Gasteiger partial charge in [0.2, 0.25) is 0 Å². The largest absolute Gasteiger partial charge is 0.478 e. The summed E-state index contributed by atoms with van der Waals surface area (Å²) in [7, 11) is 0. The van der Waals surface area contributed by atoms with Crippen molar-refractivity contribution >= 4 is 23.0 Å². The number of carbonyl (C=O) groups is 2. The number of ether oxygens (including phenoxy) is 1. The number of aromatic carboxylic acids is 1. The molecule has 0 saturated heterocycles. The van der Waals surface area contributed by atoms with E-state index in [1.165, 1.54) is 10.6 Å². The molecule has 0 fully saturated rings. The van der Waals surface area contributed by atoms with Crippen molar-refractivity contribution < 1.29 is 23.8 Å². The van der Waals surface area contributed by atoms with Crippen LogP contribution in [0.4, 0.5) is 4.39 Å². The van der Waals surface area contributed by atoms with Gasteiger partial charge in [-0.05, 0) is 39.8 Å². The molecule has 0 saturated carbocycles. The van der Waals surface area contributed by atoms with E-state index in [1.54, 1.807) is 27.7 Å². The number of esters is 1. The average molecular weight is 308 g/mol. The van der Waals surface area contributed by atoms with Crippen LogP contribution in [0.15, 0.2) is 12.1 Å². The number of hydrogen-bond acceptors (Lipinski definition) is 4. The number of imidazole rings is 1. The van der Waals surface area contributed by atoms with Gasteiger partial charge in [0, 0.05) is 0 Å². The van der Waals surface area contributed by atoms with Gasteiger partial charge in [0.1, 0.15) is 34.9 Å². The van der Waals surface area contributed by atoms with Crippen LogP contribution in [-0.2, 0) is 16.1 Å². The van der Waals surface area contributed by atoms with Crippen molar-refractivity contribution in [3.63, 3.8) is 0 Å². The highest BCUT2D eigenvalue weighted by Gasteiger charge is 2.22. The highest BCUT2D eigenvalue weighted by Crippen LogP contribution is 2.23. The van der Waals surface area contributed by atoms with Crippen molar-refractivity contribution in [1.82, 2.24) is 9.55 Å². The fourth-order valence-electron chi connectivity index (χ4n) is 2.19. The number of fused-ring (bicyclic) bond motifs is 1. The lowest BCUT2D eigenvalue weighted by atomic mass is 10.1. The van der Waals surface area contributed by atoms with Gasteiger partial charge < -0.3 is 14.4 Å². The highest BCUT2D eigenvalue weighted by molar-refractivity contribution is 6.01. The molecule has 0 bridgehead atoms. The monoisotopic (exact) mass is 308 g/mol. The molecule has 22 heavy (non-hydrogen) atoms. The molecule has 0 unspecified atom stereocenters. The molecule has 1 aromatic carbocycles. The second-order valence-electron chi connectivity index (χ2n) is 5.93. The van der Waals surface area contributed by atoms with Gasteiger partial charge in [0.05, 0.1) is 5.52 Å². The molecule has 0 atom stereocenters. The van der Waals surface area contributed by atoms with E-state index < -0.39 is 28.9 Å². The van der Waals surface area contributed by atoms with Gasteiger partial charge in [-0.3, -0.25) is 4.79 Å². The third kappa shape index (κ3) is 3.08. The Morgan fingerprint density at radius 3 is 2.55 bits per heavy atom. The molecule has 2 rings (SSSR count). The summed E-state index contributed by atoms with van der Waals surface area (Å²) in [6.07, 6.45) is 0. The van der Waals surface area contributed by atoms with Crippen LogP contribution >= 0.6 is 0 Å². The minimum Gasteiger partial charge on any atom is -0.478 e. The van der Waals surface area contributed by atoms with E-state index in [4.69, 9.17) is 9.84 Å². The third-order valence-corrected chi connectivity index (χ3v) is 2.98. The van der Waals surface area contributed by atoms with Crippen LogP contribution < -0.4 is 0 Å². The number of aromatic nitrogens is 2. The van der Waals surface area contributed by atoms with E-state index in [0.717, 1.165) is 6.07 Å². The Bertz CT molecular complexity index is 759. The third-order valence-electron chi connectivity index (χ3n) is 2.98. The molecule has 0 spiro atoms. The Labute approximate surface area is 126 Å². The zero-order valence-electron chi connectivity index (χ0n) is 12.8. The molecule has 1 heterocycles. The maximum atomic E-state index is 13.7. The van der Waals surface area contributed by atoms with Gasteiger partial charge in [-0.2, -0.15) is 0 Å². The molecule has 118 valence electrons. The molecule has 6 nitrogen and oxygen atoms in total. The lowest BCUT2D eigenvalue weighted by molar-refractivity contribution is -0.155. The molecule has 7 heteroatoms. The van der Waals surface area contributed by atoms with Gasteiger partial charge in [-0.1, -0.05) is 0 Å². The van der Waals surface area contributed by atoms with Crippen LogP contribution in [0.1, 0.15) is 37.0 Å². The maximum Gasteiger partial charge on any atom is 0.340 e. The highest BCUT2D eigenvalue weighted by atomic mass is 19.1. The second-order valence-corrected chi connectivity index (χ2v) is 5.93. The number of benzene rings is 1. The molecule has 0 radical (unpaired) electrons. The first-order chi connectivity index (χ1) is 10.1. The van der Waals surface area contributed by atoms with Gasteiger partial charge >= 0.3 is 11.9 Å². The Kier molecular flexibility index (Phi) is 3.91. The first-order valence-corrected chi connectivity index (χ1v) is 6.70. The summed E-state index contributed by atoms with van der Waals surface area (Å²) in [5.74, 6) is -2.32. The lowest BCUT2D eigenvalue weighted by Crippen LogP contribution is -2.26. The summed E-state index contributed by atoms with van der Waals surface area (Å²) in [5.41, 5.74) is -0.723. The molecule has 0 amide bonds. The minimum atomic E-state index is -1.40. The summed E-state index contributed by atoms with van der Waals surface area (Å²) in [4.78, 5) is 27.2. The van der Waals surface area contributed by atoms with E-state index in [0.29, 0.717) is 11.3 Å². The number of carboxylic acids is 1. The summed E-state index contributed by atoms with van der Waals surface area (Å²) in [6, 6.07) is 2.46. The number of carbonyl (C=O) groups excluding carboxylic acids is 1. The quantitative estimate of drug-likeness (QED) is 0.881. The smallest absolute Gasteiger partial charge is 0.340 e. The van der Waals surface area contributed by atoms with Crippen molar-refractivity contribution in [3.05, 3.63) is 29.3 Å². The molecule has 0 aliphatic rings. The summed E-state index contributed by atoms with van der Waals surface area (Å²) < 4.78 is 20.4. The van der Waals surface area contributed by atoms with E-state index in [-0.39, 0.29) is 12.1 Å². The van der Waals surface area contributed by atoms with Gasteiger partial charge in [0.15, 0.2) is 0 Å². The Morgan fingerprint density at radius 2 is 2.00 bits per heavy atom. The van der Waals surface area contributed by atoms with Gasteiger partial charge in [-0.15, -0.1) is 0 Å². The van der Waals surface area contributed by atoms with Crippen molar-refractivity contribution in [2.24, 2.45) is 0 Å². The summed E-state index contributed by atoms with van der Waals surface area (Å²) in [5, 5.41) is 9.12. The fraction of sp³-hybridized carbons (Fsp3) is 0.400. The number of aryl methyl sites for hydroxylation is 1. The number of carboxylic acid groups (broad SMARTS) is 1. The van der Waals surface area contributed by atoms with E-state index in [2.05, 4.69) is 4.98 Å². The Balaban J connectivity index is 2.48. The SMILES string of the molecule is Cc1nc2c(C(=O)O)c(F)ccc2n1CC(=O)OC(C)(C)C. The average Bonchev–Trinajstić information content (AvgIpc) is 2.62. The maximum absolute atomic E-state index is 13.7. The molecule has 2 aromatic rings. The van der Waals surface area contributed by atoms with Crippen LogP contribution in [0.2, 0.25) is 0 Å². The second kappa shape index (κ2) is 5.40. The van der Waals surface area contributed by atoms with Crippen molar-refractivity contribution in [1.29, 1.82) is 0 Å². The molecular weight excluding hydrogens is 291 g/mol. The van der Waals surface area contributed by atoms with Crippen molar-refractivity contribution in [2.75, 3.05) is 0 Å². The van der Waals surface area contributed by atoms with Crippen LogP contribution in [0, 0.1) is 12.7 Å². The number of halogens is 1. The summed E-state index contributed by atoms with van der Waals surface area (Å²) in [6.45, 7) is 6.75. The molecule has 1 N–H and O–H groups in total. The normalized spacial score (nSPS) is 11.7. The molecular formula is C15H17FN2O4. The van der Waals surface area contributed by atoms with E-state index >= 15 is 0 Å². The van der Waals surface area contributed by atoms with Crippen LogP contribution in [0.5, 0.6) is 0 Å². The molecule has 0 aliphatic heterocycles. The van der Waals surface area contributed by atoms with Gasteiger partial charge in [-0.25, -0.2) is 14.2 Å². The number of nitrogens with zero attached hydrogens (tertiary/aromatic N) is 2. The van der Waals surface area contributed by atoms with Crippen LogP contribution in [-0.4, -0.2) is 32.2 Å². The Hall–Kier alpha value is -2.44. The molecule has 0 aliphatic carbocycles. The first-order valence-electron chi connectivity index (χ1n) is 6.70. The van der Waals surface area contributed by atoms with E-state index in [1.807, 2.05) is 0 Å². The van der Waals surface area contributed by atoms with Crippen LogP contribution in [0.25, 0.3) is 11.0 Å². The first kappa shape index (κ1) is 15.9. The molecule has 1 aromatic heterocycles. The minimum absolute atomic E-state index is 0.0218. The van der Waals surface area contributed by atoms with Crippen molar-refractivity contribution in [2.45, 2.75) is 39.8 Å². The zero-order chi connectivity index (χ0) is 16.7. The van der Waals surface area contributed by atoms with Crippen LogP contribution in [0.3, 0.4) is 0 Å². The zero-order valence-corrected chi connectivity index (χ0v) is 12.8. The van der Waals surface area contributed by atoms with Crippen molar-refractivity contribution in [3.8, 4) is 0 Å². The number of rotatable bonds is 3. The summed E-state index contributed by atoms with van der Waals surface area (Å²) >= 11 is 0. The fourth-order valence-corrected chi connectivity index (χ4v) is 2.19. The topological polar surface area (TPSA) is 81.4 Å². The predicted octanol–water partition coefficient (Wildman–Crippen LogP) is 2.52. The Morgan fingerprint density at radius 1 is 1.36 bits per heavy atom. The number of hydrogen-bond donors (Lipinski definition) is 1. The predicted molar refractivity (Wildman–Crippen MR) is 77.2 cm³/mol. The lowest BCUT2D eigenvalue weighted by Gasteiger charge is -2.20.